The number of aromatic nitrogens is 2. The summed E-state index contributed by atoms with van der Waals surface area (Å²) >= 11 is 5.67. The van der Waals surface area contributed by atoms with Crippen LogP contribution >= 0.6 is 24.0 Å². The maximum atomic E-state index is 11.5. The van der Waals surface area contributed by atoms with Crippen molar-refractivity contribution in [3.63, 3.8) is 0 Å². The maximum absolute atomic E-state index is 11.5. The maximum Gasteiger partial charge on any atom is 0.254 e. The Morgan fingerprint density at radius 2 is 2.21 bits per heavy atom. The van der Waals surface area contributed by atoms with Gasteiger partial charge in [-0.3, -0.25) is 9.78 Å². The molecule has 100 valence electrons. The van der Waals surface area contributed by atoms with Crippen molar-refractivity contribution >= 4 is 29.3 Å². The van der Waals surface area contributed by atoms with Crippen molar-refractivity contribution in [2.24, 2.45) is 0 Å². The number of hydrogen-bond acceptors (Lipinski definition) is 2. The first kappa shape index (κ1) is 14.1. The molecule has 0 aromatic carbocycles. The lowest BCUT2D eigenvalue weighted by Gasteiger charge is -2.18. The molecule has 5 heteroatoms. The number of carbonyl (C=O) groups is 1. The minimum atomic E-state index is -0.365. The molecule has 0 spiro atoms. The second-order valence-corrected chi connectivity index (χ2v) is 4.86. The molecule has 0 radical (unpaired) electrons. The van der Waals surface area contributed by atoms with E-state index in [4.69, 9.17) is 11.6 Å². The second kappa shape index (κ2) is 5.76. The molecule has 0 atom stereocenters. The molecular weight excluding hydrogens is 283 g/mol. The summed E-state index contributed by atoms with van der Waals surface area (Å²) in [6.45, 7) is 0.948. The Morgan fingerprint density at radius 1 is 1.37 bits per heavy atom. The van der Waals surface area contributed by atoms with Crippen LogP contribution in [0.25, 0.3) is 11.3 Å². The summed E-state index contributed by atoms with van der Waals surface area (Å²) in [7, 11) is 0. The first-order valence-electron chi connectivity index (χ1n) is 6.10. The van der Waals surface area contributed by atoms with Gasteiger partial charge in [-0.15, -0.1) is 12.4 Å². The van der Waals surface area contributed by atoms with E-state index in [0.29, 0.717) is 5.56 Å². The number of rotatable bonds is 2. The van der Waals surface area contributed by atoms with Gasteiger partial charge in [0.1, 0.15) is 0 Å². The van der Waals surface area contributed by atoms with Gasteiger partial charge in [0, 0.05) is 30.2 Å². The van der Waals surface area contributed by atoms with Crippen LogP contribution < -0.4 is 0 Å². The Labute approximate surface area is 123 Å². The van der Waals surface area contributed by atoms with Gasteiger partial charge < -0.3 is 4.57 Å². The van der Waals surface area contributed by atoms with E-state index in [0.717, 1.165) is 42.8 Å². The van der Waals surface area contributed by atoms with E-state index in [9.17, 15) is 4.79 Å². The van der Waals surface area contributed by atoms with E-state index in [1.54, 1.807) is 6.20 Å². The average molecular weight is 297 g/mol. The number of hydrogen-bond donors (Lipinski definition) is 0. The average Bonchev–Trinajstić information content (AvgIpc) is 2.79. The largest absolute Gasteiger partial charge is 0.344 e. The third kappa shape index (κ3) is 2.53. The molecule has 2 aromatic heterocycles. The highest BCUT2D eigenvalue weighted by atomic mass is 35.5. The molecule has 3 nitrogen and oxygen atoms in total. The Balaban J connectivity index is 0.00000133. The number of halogens is 2. The van der Waals surface area contributed by atoms with Crippen LogP contribution in [-0.4, -0.2) is 14.8 Å². The van der Waals surface area contributed by atoms with Gasteiger partial charge in [-0.05, 0) is 49.1 Å². The van der Waals surface area contributed by atoms with Gasteiger partial charge in [0.2, 0.25) is 0 Å². The lowest BCUT2D eigenvalue weighted by atomic mass is 10.1. The van der Waals surface area contributed by atoms with E-state index in [1.807, 2.05) is 24.4 Å². The zero-order valence-corrected chi connectivity index (χ0v) is 11.9. The van der Waals surface area contributed by atoms with Gasteiger partial charge in [-0.1, -0.05) is 0 Å². The predicted molar refractivity (Wildman–Crippen MR) is 78.0 cm³/mol. The lowest BCUT2D eigenvalue weighted by molar-refractivity contribution is 0.108. The molecule has 19 heavy (non-hydrogen) atoms. The van der Waals surface area contributed by atoms with E-state index < -0.39 is 0 Å². The summed E-state index contributed by atoms with van der Waals surface area (Å²) < 4.78 is 2.20. The van der Waals surface area contributed by atoms with E-state index in [1.165, 1.54) is 0 Å². The number of pyridine rings is 1. The van der Waals surface area contributed by atoms with Gasteiger partial charge >= 0.3 is 0 Å². The van der Waals surface area contributed by atoms with E-state index in [-0.39, 0.29) is 17.6 Å². The predicted octanol–water partition coefficient (Wildman–Crippen LogP) is 3.69. The molecule has 0 saturated carbocycles. The number of carbonyl (C=O) groups excluding carboxylic acids is 1. The number of nitrogens with zero attached hydrogens (tertiary/aromatic N) is 2. The molecule has 3 heterocycles. The monoisotopic (exact) mass is 296 g/mol. The molecule has 2 aromatic rings. The summed E-state index contributed by atoms with van der Waals surface area (Å²) in [6.07, 6.45) is 6.75. The van der Waals surface area contributed by atoms with Crippen LogP contribution in [-0.2, 0) is 13.0 Å². The molecule has 3 rings (SSSR count). The van der Waals surface area contributed by atoms with Crippen molar-refractivity contribution in [1.29, 1.82) is 0 Å². The fraction of sp³-hybridized carbons (Fsp3) is 0.286. The van der Waals surface area contributed by atoms with Crippen LogP contribution in [0.1, 0.15) is 28.9 Å². The molecule has 0 fully saturated rings. The Kier molecular flexibility index (Phi) is 4.27. The minimum Gasteiger partial charge on any atom is -0.344 e. The second-order valence-electron chi connectivity index (χ2n) is 4.51. The smallest absolute Gasteiger partial charge is 0.254 e. The van der Waals surface area contributed by atoms with Crippen molar-refractivity contribution in [3.05, 3.63) is 41.9 Å². The van der Waals surface area contributed by atoms with Crippen molar-refractivity contribution in [2.75, 3.05) is 0 Å². The molecular formula is C14H14Cl2N2O. The minimum absolute atomic E-state index is 0. The summed E-state index contributed by atoms with van der Waals surface area (Å²) in [5, 5.41) is -0.365. The number of fused-ring (bicyclic) bond motifs is 1. The highest BCUT2D eigenvalue weighted by Crippen LogP contribution is 2.30. The first-order valence-corrected chi connectivity index (χ1v) is 6.48. The zero-order chi connectivity index (χ0) is 12.5. The van der Waals surface area contributed by atoms with Crippen LogP contribution in [0, 0.1) is 0 Å². The molecule has 1 aliphatic rings. The van der Waals surface area contributed by atoms with Gasteiger partial charge in [0.15, 0.2) is 0 Å². The fourth-order valence-corrected chi connectivity index (χ4v) is 2.76. The van der Waals surface area contributed by atoms with Crippen molar-refractivity contribution < 1.29 is 4.79 Å². The molecule has 1 aliphatic heterocycles. The zero-order valence-electron chi connectivity index (χ0n) is 10.3. The Bertz CT molecular complexity index is 593. The Hall–Kier alpha value is -1.32. The molecule has 0 saturated heterocycles. The van der Waals surface area contributed by atoms with Crippen LogP contribution in [0.15, 0.2) is 30.6 Å². The topological polar surface area (TPSA) is 34.9 Å². The van der Waals surface area contributed by atoms with Crippen LogP contribution in [0.5, 0.6) is 0 Å². The van der Waals surface area contributed by atoms with Gasteiger partial charge in [-0.2, -0.15) is 0 Å². The SMILES string of the molecule is Cl.O=C(Cl)c1cc(-c2cccnc2)n2c1CCCC2. The quantitative estimate of drug-likeness (QED) is 0.792. The summed E-state index contributed by atoms with van der Waals surface area (Å²) in [4.78, 5) is 15.6. The summed E-state index contributed by atoms with van der Waals surface area (Å²) in [5.74, 6) is 0. The highest BCUT2D eigenvalue weighted by molar-refractivity contribution is 6.68. The lowest BCUT2D eigenvalue weighted by Crippen LogP contribution is -2.12. The van der Waals surface area contributed by atoms with Crippen molar-refractivity contribution in [1.82, 2.24) is 9.55 Å². The Morgan fingerprint density at radius 3 is 2.89 bits per heavy atom. The van der Waals surface area contributed by atoms with Crippen molar-refractivity contribution in [2.45, 2.75) is 25.8 Å². The fourth-order valence-electron chi connectivity index (χ4n) is 2.60. The first-order chi connectivity index (χ1) is 8.77. The van der Waals surface area contributed by atoms with E-state index in [2.05, 4.69) is 9.55 Å². The molecule has 0 aliphatic carbocycles. The highest BCUT2D eigenvalue weighted by Gasteiger charge is 2.21. The third-order valence-corrected chi connectivity index (χ3v) is 3.63. The normalized spacial score (nSPS) is 13.5. The van der Waals surface area contributed by atoms with Gasteiger partial charge in [-0.25, -0.2) is 0 Å². The van der Waals surface area contributed by atoms with Crippen molar-refractivity contribution in [3.8, 4) is 11.3 Å². The van der Waals surface area contributed by atoms with Crippen LogP contribution in [0.2, 0.25) is 0 Å². The molecule has 0 N–H and O–H groups in total. The summed E-state index contributed by atoms with van der Waals surface area (Å²) in [5.41, 5.74) is 3.79. The van der Waals surface area contributed by atoms with Gasteiger partial charge in [0.25, 0.3) is 5.24 Å². The third-order valence-electron chi connectivity index (χ3n) is 3.42. The molecule has 0 amide bonds. The molecule has 0 bridgehead atoms. The van der Waals surface area contributed by atoms with E-state index >= 15 is 0 Å². The van der Waals surface area contributed by atoms with Crippen LogP contribution in [0.3, 0.4) is 0 Å². The standard InChI is InChI=1S/C14H13ClN2O.ClH/c15-14(18)11-8-13(10-4-3-6-16-9-10)17-7-2-1-5-12(11)17;/h3-4,6,8-9H,1-2,5,7H2;1H. The van der Waals surface area contributed by atoms with Crippen LogP contribution in [0.4, 0.5) is 0 Å². The summed E-state index contributed by atoms with van der Waals surface area (Å²) in [6, 6.07) is 5.81. The molecule has 0 unspecified atom stereocenters. The van der Waals surface area contributed by atoms with Gasteiger partial charge in [0.05, 0.1) is 11.3 Å².